The molecule has 1 N–H and O–H groups in total. The highest BCUT2D eigenvalue weighted by molar-refractivity contribution is 7.92. The van der Waals surface area contributed by atoms with E-state index in [-0.39, 0.29) is 35.2 Å². The number of sulfonamides is 1. The third-order valence-corrected chi connectivity index (χ3v) is 5.12. The van der Waals surface area contributed by atoms with Gasteiger partial charge in [-0.3, -0.25) is 19.2 Å². The number of hydrogen-bond acceptors (Lipinski definition) is 4. The van der Waals surface area contributed by atoms with Gasteiger partial charge in [0.05, 0.1) is 10.6 Å². The van der Waals surface area contributed by atoms with Crippen LogP contribution in [0.4, 0.5) is 11.4 Å². The third kappa shape index (κ3) is 3.16. The van der Waals surface area contributed by atoms with E-state index in [1.165, 1.54) is 18.2 Å². The van der Waals surface area contributed by atoms with Gasteiger partial charge in [-0.2, -0.15) is 0 Å². The predicted octanol–water partition coefficient (Wildman–Crippen LogP) is 2.45. The van der Waals surface area contributed by atoms with Crippen LogP contribution in [0, 0.1) is 6.92 Å². The summed E-state index contributed by atoms with van der Waals surface area (Å²) in [6, 6.07) is 12.8. The summed E-state index contributed by atoms with van der Waals surface area (Å²) in [4.78, 5) is 24.6. The molecule has 0 spiro atoms. The summed E-state index contributed by atoms with van der Waals surface area (Å²) >= 11 is 0. The molecule has 1 heterocycles. The maximum atomic E-state index is 12.5. The van der Waals surface area contributed by atoms with Gasteiger partial charge in [-0.15, -0.1) is 0 Å². The normalized spacial score (nSPS) is 15.0. The molecule has 2 aromatic carbocycles. The van der Waals surface area contributed by atoms with Crippen molar-refractivity contribution in [1.82, 2.24) is 0 Å². The third-order valence-electron chi connectivity index (χ3n) is 3.74. The minimum absolute atomic E-state index is 0.00641. The smallest absolute Gasteiger partial charge is 0.261 e. The van der Waals surface area contributed by atoms with Gasteiger partial charge < -0.3 is 0 Å². The summed E-state index contributed by atoms with van der Waals surface area (Å²) < 4.78 is 27.5. The molecule has 7 heteroatoms. The molecule has 0 aliphatic carbocycles. The van der Waals surface area contributed by atoms with Crippen LogP contribution in [-0.2, 0) is 19.6 Å². The summed E-state index contributed by atoms with van der Waals surface area (Å²) in [7, 11) is -3.81. The Balaban J connectivity index is 1.91. The molecule has 1 aliphatic rings. The van der Waals surface area contributed by atoms with Crippen LogP contribution in [0.5, 0.6) is 0 Å². The number of amides is 2. The molecule has 1 fully saturated rings. The van der Waals surface area contributed by atoms with Gasteiger partial charge in [-0.1, -0.05) is 23.8 Å². The van der Waals surface area contributed by atoms with Gasteiger partial charge >= 0.3 is 0 Å². The fraction of sp³-hybridized carbons (Fsp3) is 0.176. The van der Waals surface area contributed by atoms with E-state index in [0.717, 1.165) is 10.5 Å². The first-order valence-corrected chi connectivity index (χ1v) is 8.90. The molecule has 24 heavy (non-hydrogen) atoms. The molecule has 0 aromatic heterocycles. The molecule has 0 unspecified atom stereocenters. The minimum Gasteiger partial charge on any atom is -0.280 e. The molecular weight excluding hydrogens is 328 g/mol. The number of aryl methyl sites for hydroxylation is 1. The number of nitrogens with one attached hydrogen (secondary N) is 1. The van der Waals surface area contributed by atoms with Crippen molar-refractivity contribution in [2.24, 2.45) is 0 Å². The van der Waals surface area contributed by atoms with E-state index < -0.39 is 10.0 Å². The molecule has 124 valence electrons. The molecular formula is C17H16N2O4S. The number of carbonyl (C=O) groups excluding carboxylic acids is 2. The molecule has 6 nitrogen and oxygen atoms in total. The second kappa shape index (κ2) is 6.09. The topological polar surface area (TPSA) is 83.6 Å². The number of benzene rings is 2. The predicted molar refractivity (Wildman–Crippen MR) is 90.2 cm³/mol. The average molecular weight is 344 g/mol. The quantitative estimate of drug-likeness (QED) is 0.864. The maximum Gasteiger partial charge on any atom is 0.261 e. The first-order chi connectivity index (χ1) is 11.4. The minimum atomic E-state index is -3.81. The second-order valence-electron chi connectivity index (χ2n) is 5.59. The van der Waals surface area contributed by atoms with Crippen molar-refractivity contribution in [1.29, 1.82) is 0 Å². The Morgan fingerprint density at radius 1 is 0.958 bits per heavy atom. The number of nitrogens with zero attached hydrogens (tertiary/aromatic N) is 1. The SMILES string of the molecule is Cc1ccc(NS(=O)(=O)c2cccc(N3C(=O)CCC3=O)c2)cc1. The number of rotatable bonds is 4. The fourth-order valence-electron chi connectivity index (χ4n) is 2.49. The van der Waals surface area contributed by atoms with Crippen LogP contribution >= 0.6 is 0 Å². The molecule has 0 radical (unpaired) electrons. The van der Waals surface area contributed by atoms with Gasteiger partial charge in [0, 0.05) is 18.5 Å². The van der Waals surface area contributed by atoms with Gasteiger partial charge in [-0.05, 0) is 37.3 Å². The van der Waals surface area contributed by atoms with E-state index in [2.05, 4.69) is 4.72 Å². The standard InChI is InChI=1S/C17H16N2O4S/c1-12-5-7-13(8-6-12)18-24(22,23)15-4-2-3-14(11-15)19-16(20)9-10-17(19)21/h2-8,11,18H,9-10H2,1H3. The first kappa shape index (κ1) is 16.2. The van der Waals surface area contributed by atoms with Crippen LogP contribution in [0.1, 0.15) is 18.4 Å². The molecule has 1 aliphatic heterocycles. The Labute approximate surface area is 140 Å². The maximum absolute atomic E-state index is 12.5. The molecule has 2 aromatic rings. The summed E-state index contributed by atoms with van der Waals surface area (Å²) in [5.41, 5.74) is 1.74. The van der Waals surface area contributed by atoms with E-state index in [1.54, 1.807) is 30.3 Å². The van der Waals surface area contributed by atoms with Crippen LogP contribution in [0.3, 0.4) is 0 Å². The van der Waals surface area contributed by atoms with E-state index in [4.69, 9.17) is 0 Å². The molecule has 3 rings (SSSR count). The van der Waals surface area contributed by atoms with E-state index in [9.17, 15) is 18.0 Å². The molecule has 0 atom stereocenters. The molecule has 0 saturated carbocycles. The number of carbonyl (C=O) groups is 2. The first-order valence-electron chi connectivity index (χ1n) is 7.42. The van der Waals surface area contributed by atoms with Gasteiger partial charge in [0.25, 0.3) is 10.0 Å². The van der Waals surface area contributed by atoms with Crippen molar-refractivity contribution < 1.29 is 18.0 Å². The summed E-state index contributed by atoms with van der Waals surface area (Å²) in [6.07, 6.45) is 0.300. The highest BCUT2D eigenvalue weighted by atomic mass is 32.2. The van der Waals surface area contributed by atoms with E-state index in [1.807, 2.05) is 6.92 Å². The van der Waals surface area contributed by atoms with Crippen LogP contribution in [0.25, 0.3) is 0 Å². The zero-order valence-corrected chi connectivity index (χ0v) is 13.8. The Bertz CT molecular complexity index is 888. The Hall–Kier alpha value is -2.67. The van der Waals surface area contributed by atoms with Gasteiger partial charge in [-0.25, -0.2) is 8.42 Å². The van der Waals surface area contributed by atoms with Crippen molar-refractivity contribution in [3.63, 3.8) is 0 Å². The van der Waals surface area contributed by atoms with Crippen LogP contribution in [0.15, 0.2) is 53.4 Å². The van der Waals surface area contributed by atoms with Crippen molar-refractivity contribution in [3.05, 3.63) is 54.1 Å². The molecule has 1 saturated heterocycles. The van der Waals surface area contributed by atoms with Crippen molar-refractivity contribution in [3.8, 4) is 0 Å². The lowest BCUT2D eigenvalue weighted by atomic mass is 10.2. The largest absolute Gasteiger partial charge is 0.280 e. The monoisotopic (exact) mass is 344 g/mol. The van der Waals surface area contributed by atoms with Gasteiger partial charge in [0.2, 0.25) is 11.8 Å². The zero-order valence-electron chi connectivity index (χ0n) is 13.0. The van der Waals surface area contributed by atoms with Crippen molar-refractivity contribution >= 4 is 33.2 Å². The number of hydrogen-bond donors (Lipinski definition) is 1. The Morgan fingerprint density at radius 3 is 2.21 bits per heavy atom. The Kier molecular flexibility index (Phi) is 4.11. The van der Waals surface area contributed by atoms with E-state index in [0.29, 0.717) is 5.69 Å². The van der Waals surface area contributed by atoms with Crippen LogP contribution in [-0.4, -0.2) is 20.2 Å². The lowest BCUT2D eigenvalue weighted by Crippen LogP contribution is -2.28. The summed E-state index contributed by atoms with van der Waals surface area (Å²) in [5.74, 6) is -0.637. The molecule has 2 amide bonds. The van der Waals surface area contributed by atoms with Crippen LogP contribution < -0.4 is 9.62 Å². The fourth-order valence-corrected chi connectivity index (χ4v) is 3.59. The highest BCUT2D eigenvalue weighted by Crippen LogP contribution is 2.26. The number of anilines is 2. The average Bonchev–Trinajstić information content (AvgIpc) is 2.88. The second-order valence-corrected chi connectivity index (χ2v) is 7.27. The van der Waals surface area contributed by atoms with Crippen molar-refractivity contribution in [2.75, 3.05) is 9.62 Å². The molecule has 0 bridgehead atoms. The van der Waals surface area contributed by atoms with E-state index >= 15 is 0 Å². The lowest BCUT2D eigenvalue weighted by molar-refractivity contribution is -0.121. The highest BCUT2D eigenvalue weighted by Gasteiger charge is 2.31. The van der Waals surface area contributed by atoms with Gasteiger partial charge in [0.15, 0.2) is 0 Å². The van der Waals surface area contributed by atoms with Crippen molar-refractivity contribution in [2.45, 2.75) is 24.7 Å². The summed E-state index contributed by atoms with van der Waals surface area (Å²) in [6.45, 7) is 1.91. The zero-order chi connectivity index (χ0) is 17.3. The lowest BCUT2D eigenvalue weighted by Gasteiger charge is -2.15. The van der Waals surface area contributed by atoms with Crippen LogP contribution in [0.2, 0.25) is 0 Å². The summed E-state index contributed by atoms with van der Waals surface area (Å²) in [5, 5.41) is 0. The van der Waals surface area contributed by atoms with Gasteiger partial charge in [0.1, 0.15) is 0 Å². The number of imide groups is 1. The Morgan fingerprint density at radius 2 is 1.58 bits per heavy atom.